The quantitative estimate of drug-likeness (QED) is 0.745. The summed E-state index contributed by atoms with van der Waals surface area (Å²) in [5.74, 6) is 0.00397. The highest BCUT2D eigenvalue weighted by Gasteiger charge is 2.48. The molecule has 5 nitrogen and oxygen atoms in total. The molecule has 0 aliphatic heterocycles. The van der Waals surface area contributed by atoms with Gasteiger partial charge in [0.2, 0.25) is 0 Å². The van der Waals surface area contributed by atoms with Gasteiger partial charge in [-0.3, -0.25) is 9.69 Å². The predicted octanol–water partition coefficient (Wildman–Crippen LogP) is 4.00. The Balaban J connectivity index is 1.85. The number of aromatic nitrogens is 1. The van der Waals surface area contributed by atoms with Crippen molar-refractivity contribution < 1.29 is 18.9 Å². The zero-order valence-corrected chi connectivity index (χ0v) is 16.4. The van der Waals surface area contributed by atoms with Crippen LogP contribution in [0.2, 0.25) is 5.02 Å². The predicted molar refractivity (Wildman–Crippen MR) is 102 cm³/mol. The summed E-state index contributed by atoms with van der Waals surface area (Å²) in [5.41, 5.74) is 0.713. The molecule has 27 heavy (non-hydrogen) atoms. The number of aryl methyl sites for hydroxylation is 1. The fourth-order valence-electron chi connectivity index (χ4n) is 3.63. The molecule has 142 valence electrons. The van der Waals surface area contributed by atoms with Crippen molar-refractivity contribution in [2.45, 2.75) is 44.9 Å². The summed E-state index contributed by atoms with van der Waals surface area (Å²) in [5, 5.41) is 0.486. The van der Waals surface area contributed by atoms with Crippen molar-refractivity contribution in [1.29, 1.82) is 0 Å². The number of nitrogens with zero attached hydrogens (tertiary/aromatic N) is 2. The van der Waals surface area contributed by atoms with E-state index in [-0.39, 0.29) is 12.5 Å². The molecule has 0 N–H and O–H groups in total. The van der Waals surface area contributed by atoms with Crippen LogP contribution in [0.25, 0.3) is 0 Å². The molecule has 1 aromatic heterocycles. The molecule has 1 heterocycles. The van der Waals surface area contributed by atoms with E-state index in [0.29, 0.717) is 23.4 Å². The summed E-state index contributed by atoms with van der Waals surface area (Å²) in [6, 6.07) is 11.1. The van der Waals surface area contributed by atoms with Gasteiger partial charge in [0.15, 0.2) is 18.2 Å². The van der Waals surface area contributed by atoms with Crippen LogP contribution in [0, 0.1) is 6.92 Å². The second-order valence-corrected chi connectivity index (χ2v) is 7.37. The molecule has 0 radical (unpaired) electrons. The number of benzene rings is 1. The number of carbonyl (C=O) groups excluding carboxylic acids is 2. The highest BCUT2D eigenvalue weighted by Crippen LogP contribution is 2.42. The van der Waals surface area contributed by atoms with E-state index in [1.807, 2.05) is 49.6 Å². The maximum absolute atomic E-state index is 13.0. The number of pyridine rings is 1. The standard InChI is InChI=1S/C21H24ClN2O3/c1-16-10-13-24(14-11-16)15-27-20(26)23(2)21(12-6-5-9-19(21)25)17-7-3-4-8-18(17)22/h3-4,7-8,10-11,13-14H,5-6,9,12,15H2,1-2H3/q+1. The zero-order valence-electron chi connectivity index (χ0n) is 15.7. The largest absolute Gasteiger partial charge is 0.415 e. The lowest BCUT2D eigenvalue weighted by Crippen LogP contribution is -2.55. The SMILES string of the molecule is Cc1cc[n+](COC(=O)N(C)C2(c3ccccc3Cl)CCCCC2=O)cc1. The summed E-state index contributed by atoms with van der Waals surface area (Å²) >= 11 is 6.41. The molecule has 6 heteroatoms. The maximum Gasteiger partial charge on any atom is 0.415 e. The van der Waals surface area contributed by atoms with Crippen molar-refractivity contribution in [2.24, 2.45) is 0 Å². The molecule has 1 aliphatic carbocycles. The summed E-state index contributed by atoms with van der Waals surface area (Å²) in [6.07, 6.45) is 5.79. The lowest BCUT2D eigenvalue weighted by molar-refractivity contribution is -0.727. The molecule has 1 aliphatic rings. The first-order valence-electron chi connectivity index (χ1n) is 9.10. The molecule has 2 aromatic rings. The molecule has 1 atom stereocenters. The molecule has 1 fully saturated rings. The average Bonchev–Trinajstić information content (AvgIpc) is 2.68. The van der Waals surface area contributed by atoms with Crippen molar-refractivity contribution in [1.82, 2.24) is 4.90 Å². The summed E-state index contributed by atoms with van der Waals surface area (Å²) in [4.78, 5) is 27.2. The number of amides is 1. The van der Waals surface area contributed by atoms with Crippen LogP contribution in [0.3, 0.4) is 0 Å². The Kier molecular flexibility index (Phi) is 5.80. The van der Waals surface area contributed by atoms with Gasteiger partial charge in [-0.15, -0.1) is 0 Å². The van der Waals surface area contributed by atoms with Gasteiger partial charge >= 0.3 is 6.09 Å². The van der Waals surface area contributed by atoms with E-state index >= 15 is 0 Å². The van der Waals surface area contributed by atoms with Crippen molar-refractivity contribution in [3.63, 3.8) is 0 Å². The number of Topliss-reactive ketones (excluding diaryl/α,β-unsaturated/α-hetero) is 1. The minimum Gasteiger partial charge on any atom is -0.388 e. The minimum atomic E-state index is -1.08. The maximum atomic E-state index is 13.0. The van der Waals surface area contributed by atoms with Gasteiger partial charge in [0.05, 0.1) is 0 Å². The number of hydrogen-bond acceptors (Lipinski definition) is 3. The minimum absolute atomic E-state index is 0.00397. The van der Waals surface area contributed by atoms with Crippen molar-refractivity contribution in [3.8, 4) is 0 Å². The van der Waals surface area contributed by atoms with Gasteiger partial charge in [0, 0.05) is 36.2 Å². The van der Waals surface area contributed by atoms with E-state index in [1.165, 1.54) is 4.90 Å². The number of likely N-dealkylation sites (N-methyl/N-ethyl adjacent to an activating group) is 1. The van der Waals surface area contributed by atoms with Gasteiger partial charge in [0.1, 0.15) is 5.54 Å². The Morgan fingerprint density at radius 2 is 1.93 bits per heavy atom. The Bertz CT molecular complexity index is 838. The lowest BCUT2D eigenvalue weighted by atomic mass is 9.74. The number of rotatable bonds is 4. The Hall–Kier alpha value is -2.40. The Morgan fingerprint density at radius 3 is 2.59 bits per heavy atom. The number of ketones is 1. The molecule has 0 saturated heterocycles. The topological polar surface area (TPSA) is 50.5 Å². The Labute approximate surface area is 164 Å². The van der Waals surface area contributed by atoms with Gasteiger partial charge in [-0.2, -0.15) is 4.57 Å². The van der Waals surface area contributed by atoms with E-state index in [2.05, 4.69) is 0 Å². The summed E-state index contributed by atoms with van der Waals surface area (Å²) in [7, 11) is 1.62. The molecule has 0 bridgehead atoms. The second-order valence-electron chi connectivity index (χ2n) is 6.96. The fraction of sp³-hybridized carbons (Fsp3) is 0.381. The van der Waals surface area contributed by atoms with Crippen molar-refractivity contribution >= 4 is 23.5 Å². The van der Waals surface area contributed by atoms with Gasteiger partial charge in [-0.25, -0.2) is 4.79 Å². The van der Waals surface area contributed by atoms with E-state index in [4.69, 9.17) is 16.3 Å². The Morgan fingerprint density at radius 1 is 1.22 bits per heavy atom. The monoisotopic (exact) mass is 387 g/mol. The van der Waals surface area contributed by atoms with Crippen LogP contribution in [0.4, 0.5) is 4.79 Å². The summed E-state index contributed by atoms with van der Waals surface area (Å²) in [6.45, 7) is 2.07. The number of ether oxygens (including phenoxy) is 1. The molecular weight excluding hydrogens is 364 g/mol. The fourth-order valence-corrected chi connectivity index (χ4v) is 3.92. The normalized spacial score (nSPS) is 19.6. The number of carbonyl (C=O) groups is 2. The highest BCUT2D eigenvalue weighted by atomic mass is 35.5. The van der Waals surface area contributed by atoms with Crippen LogP contribution in [-0.4, -0.2) is 23.8 Å². The van der Waals surface area contributed by atoms with Gasteiger partial charge in [-0.05, 0) is 37.8 Å². The molecular formula is C21H24ClN2O3+. The first-order chi connectivity index (χ1) is 12.9. The van der Waals surface area contributed by atoms with Gasteiger partial charge < -0.3 is 4.74 Å². The number of halogens is 1. The average molecular weight is 388 g/mol. The van der Waals surface area contributed by atoms with E-state index < -0.39 is 11.6 Å². The van der Waals surface area contributed by atoms with Gasteiger partial charge in [-0.1, -0.05) is 29.8 Å². The third-order valence-electron chi connectivity index (χ3n) is 5.21. The molecule has 0 spiro atoms. The van der Waals surface area contributed by atoms with Crippen molar-refractivity contribution in [3.05, 3.63) is 64.9 Å². The molecule has 1 unspecified atom stereocenters. The van der Waals surface area contributed by atoms with E-state index in [9.17, 15) is 9.59 Å². The number of hydrogen-bond donors (Lipinski definition) is 0. The first-order valence-corrected chi connectivity index (χ1v) is 9.47. The third kappa shape index (κ3) is 3.83. The van der Waals surface area contributed by atoms with Crippen molar-refractivity contribution in [2.75, 3.05) is 7.05 Å². The zero-order chi connectivity index (χ0) is 19.4. The molecule has 1 saturated carbocycles. The van der Waals surface area contributed by atoms with E-state index in [1.54, 1.807) is 17.7 Å². The first kappa shape index (κ1) is 19.4. The molecule has 1 aromatic carbocycles. The van der Waals surface area contributed by atoms with Crippen LogP contribution in [-0.2, 0) is 21.8 Å². The van der Waals surface area contributed by atoms with Crippen LogP contribution in [0.1, 0.15) is 36.8 Å². The molecule has 1 amide bonds. The third-order valence-corrected chi connectivity index (χ3v) is 5.54. The van der Waals surface area contributed by atoms with Crippen LogP contribution in [0.5, 0.6) is 0 Å². The summed E-state index contributed by atoms with van der Waals surface area (Å²) < 4.78 is 7.24. The lowest BCUT2D eigenvalue weighted by Gasteiger charge is -2.43. The smallest absolute Gasteiger partial charge is 0.388 e. The van der Waals surface area contributed by atoms with E-state index in [0.717, 1.165) is 18.4 Å². The van der Waals surface area contributed by atoms with Gasteiger partial charge in [0.25, 0.3) is 6.73 Å². The van der Waals surface area contributed by atoms with Crippen LogP contribution >= 0.6 is 11.6 Å². The second kappa shape index (κ2) is 8.09. The van der Waals surface area contributed by atoms with Crippen LogP contribution in [0.15, 0.2) is 48.8 Å². The van der Waals surface area contributed by atoms with Crippen LogP contribution < -0.4 is 4.57 Å². The molecule has 3 rings (SSSR count). The highest BCUT2D eigenvalue weighted by molar-refractivity contribution is 6.31.